The molecule has 1 aliphatic carbocycles. The molecule has 0 heterocycles. The molecule has 0 atom stereocenters. The summed E-state index contributed by atoms with van der Waals surface area (Å²) in [5.41, 5.74) is 0.626. The van der Waals surface area contributed by atoms with Crippen molar-refractivity contribution in [2.24, 2.45) is 5.92 Å². The lowest BCUT2D eigenvalue weighted by atomic mass is 10.1. The lowest BCUT2D eigenvalue weighted by molar-refractivity contribution is 0.270. The standard InChI is InChI=1S/C16H23F2NO/c1-11(2)4-3-7-20-16-14(17)8-12(9-15(16)18)10-19-13-5-6-13/h8-9,11,13,19H,3-7,10H2,1-2H3. The van der Waals surface area contributed by atoms with E-state index < -0.39 is 11.6 Å². The Morgan fingerprint density at radius 3 is 2.45 bits per heavy atom. The molecule has 1 aromatic rings. The van der Waals surface area contributed by atoms with Crippen molar-refractivity contribution in [3.63, 3.8) is 0 Å². The number of halogens is 2. The summed E-state index contributed by atoms with van der Waals surface area (Å²) in [6.45, 7) is 5.09. The Morgan fingerprint density at radius 2 is 1.90 bits per heavy atom. The zero-order valence-electron chi connectivity index (χ0n) is 12.2. The Hall–Kier alpha value is -1.16. The number of rotatable bonds is 8. The van der Waals surface area contributed by atoms with E-state index in [1.54, 1.807) is 0 Å². The largest absolute Gasteiger partial charge is 0.488 e. The Bertz CT molecular complexity index is 421. The average molecular weight is 283 g/mol. The lowest BCUT2D eigenvalue weighted by Gasteiger charge is -2.11. The van der Waals surface area contributed by atoms with Gasteiger partial charge in [-0.3, -0.25) is 0 Å². The number of hydrogen-bond donors (Lipinski definition) is 1. The molecule has 2 nitrogen and oxygen atoms in total. The highest BCUT2D eigenvalue weighted by Crippen LogP contribution is 2.25. The Balaban J connectivity index is 1.87. The minimum atomic E-state index is -0.609. The molecule has 4 heteroatoms. The zero-order chi connectivity index (χ0) is 14.5. The summed E-state index contributed by atoms with van der Waals surface area (Å²) in [5, 5.41) is 3.24. The maximum absolute atomic E-state index is 13.8. The number of ether oxygens (including phenoxy) is 1. The minimum absolute atomic E-state index is 0.246. The molecule has 0 amide bonds. The van der Waals surface area contributed by atoms with Crippen LogP contribution in [-0.4, -0.2) is 12.6 Å². The van der Waals surface area contributed by atoms with Crippen molar-refractivity contribution in [1.29, 1.82) is 0 Å². The molecule has 2 rings (SSSR count). The van der Waals surface area contributed by atoms with E-state index in [1.807, 2.05) is 0 Å². The van der Waals surface area contributed by atoms with Gasteiger partial charge in [0.2, 0.25) is 0 Å². The van der Waals surface area contributed by atoms with Gasteiger partial charge in [0.15, 0.2) is 17.4 Å². The first-order valence-electron chi connectivity index (χ1n) is 7.40. The van der Waals surface area contributed by atoms with Crippen LogP contribution in [0.15, 0.2) is 12.1 Å². The molecule has 0 bridgehead atoms. The maximum Gasteiger partial charge on any atom is 0.190 e. The fourth-order valence-electron chi connectivity index (χ4n) is 2.07. The van der Waals surface area contributed by atoms with Gasteiger partial charge in [-0.05, 0) is 49.3 Å². The first kappa shape index (κ1) is 15.2. The van der Waals surface area contributed by atoms with Gasteiger partial charge in [0.05, 0.1) is 6.61 Å². The second-order valence-corrected chi connectivity index (χ2v) is 5.93. The maximum atomic E-state index is 13.8. The molecule has 0 aromatic heterocycles. The van der Waals surface area contributed by atoms with Crippen LogP contribution in [0.2, 0.25) is 0 Å². The van der Waals surface area contributed by atoms with Gasteiger partial charge in [-0.25, -0.2) is 8.78 Å². The monoisotopic (exact) mass is 283 g/mol. The Kier molecular flexibility index (Phi) is 5.35. The predicted molar refractivity (Wildman–Crippen MR) is 75.8 cm³/mol. The van der Waals surface area contributed by atoms with Gasteiger partial charge >= 0.3 is 0 Å². The third-order valence-corrected chi connectivity index (χ3v) is 3.40. The molecule has 1 aromatic carbocycles. The van der Waals surface area contributed by atoms with E-state index in [0.717, 1.165) is 25.7 Å². The molecule has 1 fully saturated rings. The van der Waals surface area contributed by atoms with Crippen molar-refractivity contribution in [3.8, 4) is 5.75 Å². The van der Waals surface area contributed by atoms with E-state index in [2.05, 4.69) is 19.2 Å². The van der Waals surface area contributed by atoms with Crippen molar-refractivity contribution in [1.82, 2.24) is 5.32 Å². The molecule has 112 valence electrons. The van der Waals surface area contributed by atoms with E-state index >= 15 is 0 Å². The van der Waals surface area contributed by atoms with Crippen LogP contribution in [0.4, 0.5) is 8.78 Å². The molecule has 0 spiro atoms. The van der Waals surface area contributed by atoms with Gasteiger partial charge in [-0.1, -0.05) is 13.8 Å². The van der Waals surface area contributed by atoms with Crippen LogP contribution < -0.4 is 10.1 Å². The van der Waals surface area contributed by atoms with Crippen LogP contribution in [0.25, 0.3) is 0 Å². The minimum Gasteiger partial charge on any atom is -0.488 e. The molecule has 1 saturated carbocycles. The summed E-state index contributed by atoms with van der Waals surface area (Å²) >= 11 is 0. The van der Waals surface area contributed by atoms with Crippen LogP contribution in [0, 0.1) is 17.6 Å². The number of benzene rings is 1. The zero-order valence-corrected chi connectivity index (χ0v) is 12.2. The molecule has 1 N–H and O–H groups in total. The van der Waals surface area contributed by atoms with Crippen LogP contribution in [0.1, 0.15) is 45.1 Å². The third kappa shape index (κ3) is 4.75. The van der Waals surface area contributed by atoms with E-state index in [-0.39, 0.29) is 5.75 Å². The summed E-state index contributed by atoms with van der Waals surface area (Å²) in [7, 11) is 0. The van der Waals surface area contributed by atoms with Crippen molar-refractivity contribution < 1.29 is 13.5 Å². The fraction of sp³-hybridized carbons (Fsp3) is 0.625. The molecule has 20 heavy (non-hydrogen) atoms. The molecule has 0 unspecified atom stereocenters. The van der Waals surface area contributed by atoms with E-state index in [0.29, 0.717) is 30.7 Å². The average Bonchev–Trinajstić information content (AvgIpc) is 3.18. The first-order valence-corrected chi connectivity index (χ1v) is 7.40. The second kappa shape index (κ2) is 7.02. The van der Waals surface area contributed by atoms with Crippen LogP contribution in [0.3, 0.4) is 0 Å². The lowest BCUT2D eigenvalue weighted by Crippen LogP contribution is -2.15. The summed E-state index contributed by atoms with van der Waals surface area (Å²) in [4.78, 5) is 0. The van der Waals surface area contributed by atoms with Gasteiger partial charge in [0, 0.05) is 12.6 Å². The van der Waals surface area contributed by atoms with Gasteiger partial charge < -0.3 is 10.1 Å². The summed E-state index contributed by atoms with van der Waals surface area (Å²) < 4.78 is 32.9. The van der Waals surface area contributed by atoms with E-state index in [1.165, 1.54) is 12.1 Å². The SMILES string of the molecule is CC(C)CCCOc1c(F)cc(CNC2CC2)cc1F. The highest BCUT2D eigenvalue weighted by molar-refractivity contribution is 5.31. The van der Waals surface area contributed by atoms with Gasteiger partial charge in [0.25, 0.3) is 0 Å². The van der Waals surface area contributed by atoms with Gasteiger partial charge in [-0.15, -0.1) is 0 Å². The summed E-state index contributed by atoms with van der Waals surface area (Å²) in [6, 6.07) is 3.24. The van der Waals surface area contributed by atoms with E-state index in [9.17, 15) is 8.78 Å². The molecular weight excluding hydrogens is 260 g/mol. The second-order valence-electron chi connectivity index (χ2n) is 5.93. The predicted octanol–water partition coefficient (Wildman–Crippen LogP) is 4.03. The van der Waals surface area contributed by atoms with E-state index in [4.69, 9.17) is 4.74 Å². The molecule has 0 saturated heterocycles. The Labute approximate surface area is 119 Å². The van der Waals surface area contributed by atoms with Crippen LogP contribution in [0.5, 0.6) is 5.75 Å². The van der Waals surface area contributed by atoms with Crippen molar-refractivity contribution in [2.45, 2.75) is 52.1 Å². The molecule has 1 aliphatic rings. The quantitative estimate of drug-likeness (QED) is 0.727. The van der Waals surface area contributed by atoms with Gasteiger partial charge in [-0.2, -0.15) is 0 Å². The van der Waals surface area contributed by atoms with Crippen LogP contribution >= 0.6 is 0 Å². The van der Waals surface area contributed by atoms with Crippen LogP contribution in [-0.2, 0) is 6.54 Å². The number of hydrogen-bond acceptors (Lipinski definition) is 2. The molecule has 0 radical (unpaired) electrons. The smallest absolute Gasteiger partial charge is 0.190 e. The Morgan fingerprint density at radius 1 is 1.25 bits per heavy atom. The first-order chi connectivity index (χ1) is 9.56. The van der Waals surface area contributed by atoms with Crippen molar-refractivity contribution in [3.05, 3.63) is 29.3 Å². The molecule has 0 aliphatic heterocycles. The molecular formula is C16H23F2NO. The summed E-state index contributed by atoms with van der Waals surface area (Å²) in [5.74, 6) is -0.891. The normalized spacial score (nSPS) is 14.8. The van der Waals surface area contributed by atoms with Gasteiger partial charge in [0.1, 0.15) is 0 Å². The van der Waals surface area contributed by atoms with Crippen molar-refractivity contribution >= 4 is 0 Å². The summed E-state index contributed by atoms with van der Waals surface area (Å²) in [6.07, 6.45) is 4.11. The number of nitrogens with one attached hydrogen (secondary N) is 1. The third-order valence-electron chi connectivity index (χ3n) is 3.40. The topological polar surface area (TPSA) is 21.3 Å². The highest BCUT2D eigenvalue weighted by atomic mass is 19.1. The fourth-order valence-corrected chi connectivity index (χ4v) is 2.07. The van der Waals surface area contributed by atoms with Crippen molar-refractivity contribution in [2.75, 3.05) is 6.61 Å². The highest BCUT2D eigenvalue weighted by Gasteiger charge is 2.20.